The Morgan fingerprint density at radius 2 is 2.05 bits per heavy atom. The lowest BCUT2D eigenvalue weighted by molar-refractivity contribution is -0.0511. The summed E-state index contributed by atoms with van der Waals surface area (Å²) in [5, 5.41) is 10.2. The van der Waals surface area contributed by atoms with Crippen LogP contribution in [0.4, 0.5) is 14.5 Å². The smallest absolute Gasteiger partial charge is 0.387 e. The second kappa shape index (κ2) is 6.43. The summed E-state index contributed by atoms with van der Waals surface area (Å²) in [6, 6.07) is 4.80. The fraction of sp³-hybridized carbons (Fsp3) is 0.357. The molecule has 1 heterocycles. The van der Waals surface area contributed by atoms with Gasteiger partial charge in [-0.3, -0.25) is 5.10 Å². The standard InChI is InChI=1S/C14H17F2N3O2/c1-8-11(9(2)19-18-8)7-17-10-4-5-12(20-3)13(6-10)21-14(15)16/h4-6,14,17H,7H2,1-3H3,(H,18,19). The Morgan fingerprint density at radius 1 is 1.29 bits per heavy atom. The lowest BCUT2D eigenvalue weighted by Gasteiger charge is -2.13. The Bertz CT molecular complexity index is 595. The summed E-state index contributed by atoms with van der Waals surface area (Å²) in [5.74, 6) is 0.259. The van der Waals surface area contributed by atoms with Crippen LogP contribution in [0.5, 0.6) is 11.5 Å². The topological polar surface area (TPSA) is 59.2 Å². The maximum atomic E-state index is 12.4. The molecule has 0 aliphatic rings. The average molecular weight is 297 g/mol. The molecule has 0 unspecified atom stereocenters. The molecule has 2 aromatic rings. The minimum absolute atomic E-state index is 0.00172. The van der Waals surface area contributed by atoms with Crippen molar-refractivity contribution in [3.05, 3.63) is 35.2 Å². The van der Waals surface area contributed by atoms with Crippen molar-refractivity contribution in [2.45, 2.75) is 27.0 Å². The van der Waals surface area contributed by atoms with E-state index in [9.17, 15) is 8.78 Å². The summed E-state index contributed by atoms with van der Waals surface area (Å²) in [6.07, 6.45) is 0. The largest absolute Gasteiger partial charge is 0.493 e. The highest BCUT2D eigenvalue weighted by Gasteiger charge is 2.12. The van der Waals surface area contributed by atoms with Gasteiger partial charge in [0.2, 0.25) is 0 Å². The molecule has 114 valence electrons. The molecule has 0 amide bonds. The van der Waals surface area contributed by atoms with Gasteiger partial charge in [0.25, 0.3) is 0 Å². The van der Waals surface area contributed by atoms with E-state index < -0.39 is 6.61 Å². The van der Waals surface area contributed by atoms with E-state index in [1.165, 1.54) is 13.2 Å². The van der Waals surface area contributed by atoms with Crippen LogP contribution in [0.1, 0.15) is 17.0 Å². The number of aromatic nitrogens is 2. The number of rotatable bonds is 6. The third-order valence-corrected chi connectivity index (χ3v) is 3.13. The van der Waals surface area contributed by atoms with E-state index in [0.29, 0.717) is 12.2 Å². The molecule has 2 N–H and O–H groups in total. The first-order chi connectivity index (χ1) is 10.0. The average Bonchev–Trinajstić information content (AvgIpc) is 2.75. The molecule has 21 heavy (non-hydrogen) atoms. The maximum absolute atomic E-state index is 12.4. The predicted molar refractivity (Wildman–Crippen MR) is 75.0 cm³/mol. The number of halogens is 2. The van der Waals surface area contributed by atoms with Crippen LogP contribution in [0.15, 0.2) is 18.2 Å². The summed E-state index contributed by atoms with van der Waals surface area (Å²) >= 11 is 0. The molecule has 0 spiro atoms. The zero-order chi connectivity index (χ0) is 15.4. The Morgan fingerprint density at radius 3 is 2.62 bits per heavy atom. The zero-order valence-corrected chi connectivity index (χ0v) is 12.0. The molecule has 0 radical (unpaired) electrons. The first-order valence-corrected chi connectivity index (χ1v) is 6.38. The number of nitrogens with zero attached hydrogens (tertiary/aromatic N) is 1. The van der Waals surface area contributed by atoms with Crippen molar-refractivity contribution in [2.75, 3.05) is 12.4 Å². The van der Waals surface area contributed by atoms with Crippen LogP contribution in [0.25, 0.3) is 0 Å². The Labute approximate surface area is 121 Å². The van der Waals surface area contributed by atoms with Gasteiger partial charge in [-0.15, -0.1) is 0 Å². The quantitative estimate of drug-likeness (QED) is 0.859. The van der Waals surface area contributed by atoms with E-state index in [2.05, 4.69) is 20.3 Å². The number of hydrogen-bond acceptors (Lipinski definition) is 4. The highest BCUT2D eigenvalue weighted by atomic mass is 19.3. The lowest BCUT2D eigenvalue weighted by atomic mass is 10.2. The number of hydrogen-bond donors (Lipinski definition) is 2. The van der Waals surface area contributed by atoms with Crippen molar-refractivity contribution in [1.82, 2.24) is 10.2 Å². The van der Waals surface area contributed by atoms with Crippen molar-refractivity contribution in [2.24, 2.45) is 0 Å². The van der Waals surface area contributed by atoms with E-state index in [4.69, 9.17) is 4.74 Å². The third kappa shape index (κ3) is 3.62. The summed E-state index contributed by atoms with van der Waals surface area (Å²) in [7, 11) is 1.40. The number of benzene rings is 1. The minimum atomic E-state index is -2.90. The van der Waals surface area contributed by atoms with Crippen LogP contribution in [0.2, 0.25) is 0 Å². The normalized spacial score (nSPS) is 10.8. The van der Waals surface area contributed by atoms with Crippen molar-refractivity contribution >= 4 is 5.69 Å². The summed E-state index contributed by atoms with van der Waals surface area (Å²) in [5.41, 5.74) is 3.57. The van der Waals surface area contributed by atoms with Crippen molar-refractivity contribution in [3.8, 4) is 11.5 Å². The molecule has 0 saturated heterocycles. The molecule has 0 saturated carbocycles. The highest BCUT2D eigenvalue weighted by molar-refractivity contribution is 5.55. The number of methoxy groups -OCH3 is 1. The van der Waals surface area contributed by atoms with Crippen LogP contribution >= 0.6 is 0 Å². The molecular formula is C14H17F2N3O2. The van der Waals surface area contributed by atoms with Gasteiger partial charge in [0.1, 0.15) is 0 Å². The van der Waals surface area contributed by atoms with Gasteiger partial charge in [-0.1, -0.05) is 0 Å². The molecular weight excluding hydrogens is 280 g/mol. The molecule has 1 aromatic heterocycles. The van der Waals surface area contributed by atoms with Gasteiger partial charge >= 0.3 is 6.61 Å². The van der Waals surface area contributed by atoms with Gasteiger partial charge in [0, 0.05) is 29.6 Å². The number of H-pyrrole nitrogens is 1. The van der Waals surface area contributed by atoms with E-state index in [1.54, 1.807) is 12.1 Å². The fourth-order valence-corrected chi connectivity index (χ4v) is 2.00. The zero-order valence-electron chi connectivity index (χ0n) is 12.0. The molecule has 5 nitrogen and oxygen atoms in total. The molecule has 7 heteroatoms. The van der Waals surface area contributed by atoms with Crippen LogP contribution in [0, 0.1) is 13.8 Å². The van der Waals surface area contributed by atoms with Crippen molar-refractivity contribution < 1.29 is 18.3 Å². The molecule has 2 rings (SSSR count). The van der Waals surface area contributed by atoms with E-state index in [-0.39, 0.29) is 11.5 Å². The number of aryl methyl sites for hydroxylation is 2. The number of alkyl halides is 2. The van der Waals surface area contributed by atoms with E-state index >= 15 is 0 Å². The van der Waals surface area contributed by atoms with Crippen LogP contribution < -0.4 is 14.8 Å². The number of ether oxygens (including phenoxy) is 2. The van der Waals surface area contributed by atoms with Gasteiger partial charge < -0.3 is 14.8 Å². The van der Waals surface area contributed by atoms with Crippen LogP contribution in [-0.2, 0) is 6.54 Å². The molecule has 0 bridgehead atoms. The molecule has 0 fully saturated rings. The first kappa shape index (κ1) is 15.1. The Hall–Kier alpha value is -2.31. The second-order valence-corrected chi connectivity index (χ2v) is 4.51. The van der Waals surface area contributed by atoms with Gasteiger partial charge in [-0.2, -0.15) is 13.9 Å². The number of aromatic amines is 1. The summed E-state index contributed by atoms with van der Waals surface area (Å²) in [4.78, 5) is 0. The van der Waals surface area contributed by atoms with E-state index in [0.717, 1.165) is 17.0 Å². The number of anilines is 1. The lowest BCUT2D eigenvalue weighted by Crippen LogP contribution is -2.05. The predicted octanol–water partition coefficient (Wildman–Crippen LogP) is 3.25. The summed E-state index contributed by atoms with van der Waals surface area (Å²) < 4.78 is 34.2. The van der Waals surface area contributed by atoms with Gasteiger partial charge in [0.05, 0.1) is 12.8 Å². The van der Waals surface area contributed by atoms with Gasteiger partial charge in [-0.05, 0) is 26.0 Å². The first-order valence-electron chi connectivity index (χ1n) is 6.38. The molecule has 1 aromatic carbocycles. The maximum Gasteiger partial charge on any atom is 0.387 e. The fourth-order valence-electron chi connectivity index (χ4n) is 2.00. The van der Waals surface area contributed by atoms with Gasteiger partial charge in [-0.25, -0.2) is 0 Å². The Balaban J connectivity index is 2.13. The minimum Gasteiger partial charge on any atom is -0.493 e. The van der Waals surface area contributed by atoms with Crippen LogP contribution in [0.3, 0.4) is 0 Å². The second-order valence-electron chi connectivity index (χ2n) is 4.51. The van der Waals surface area contributed by atoms with Crippen molar-refractivity contribution in [3.63, 3.8) is 0 Å². The number of nitrogens with one attached hydrogen (secondary N) is 2. The monoisotopic (exact) mass is 297 g/mol. The molecule has 0 aliphatic carbocycles. The molecule has 0 atom stereocenters. The van der Waals surface area contributed by atoms with E-state index in [1.807, 2.05) is 13.8 Å². The Kier molecular flexibility index (Phi) is 4.62. The third-order valence-electron chi connectivity index (χ3n) is 3.13. The van der Waals surface area contributed by atoms with Crippen molar-refractivity contribution in [1.29, 1.82) is 0 Å². The molecule has 0 aliphatic heterocycles. The SMILES string of the molecule is COc1ccc(NCc2c(C)n[nH]c2C)cc1OC(F)F. The van der Waals surface area contributed by atoms with Crippen LogP contribution in [-0.4, -0.2) is 23.9 Å². The summed E-state index contributed by atoms with van der Waals surface area (Å²) in [6.45, 7) is 1.47. The van der Waals surface area contributed by atoms with Gasteiger partial charge in [0.15, 0.2) is 11.5 Å². The highest BCUT2D eigenvalue weighted by Crippen LogP contribution is 2.31.